The van der Waals surface area contributed by atoms with Crippen LogP contribution in [-0.2, 0) is 16.4 Å². The number of nitrogens with zero attached hydrogens (tertiary/aromatic N) is 1. The number of urea groups is 1. The van der Waals surface area contributed by atoms with Gasteiger partial charge in [-0.2, -0.15) is 0 Å². The number of sulfone groups is 1. The van der Waals surface area contributed by atoms with E-state index in [1.54, 1.807) is 17.0 Å². The van der Waals surface area contributed by atoms with Crippen LogP contribution in [0.15, 0.2) is 24.3 Å². The summed E-state index contributed by atoms with van der Waals surface area (Å²) in [6.45, 7) is 0.413. The van der Waals surface area contributed by atoms with Crippen LogP contribution in [0.25, 0.3) is 0 Å². The molecule has 1 aromatic carbocycles. The number of benzene rings is 1. The van der Waals surface area contributed by atoms with E-state index < -0.39 is 9.84 Å². The number of carbonyl (C=O) groups excluding carboxylic acids is 1. The molecule has 1 aliphatic heterocycles. The summed E-state index contributed by atoms with van der Waals surface area (Å²) in [5, 5.41) is 2.86. The summed E-state index contributed by atoms with van der Waals surface area (Å²) >= 11 is 0. The summed E-state index contributed by atoms with van der Waals surface area (Å²) in [7, 11) is -3.05. The lowest BCUT2D eigenvalue weighted by atomic mass is 10.2. The van der Waals surface area contributed by atoms with Crippen LogP contribution in [0.5, 0.6) is 0 Å². The van der Waals surface area contributed by atoms with Crippen LogP contribution in [0.3, 0.4) is 0 Å². The lowest BCUT2D eigenvalue weighted by Gasteiger charge is -2.28. The number of amides is 2. The molecule has 1 saturated carbocycles. The van der Waals surface area contributed by atoms with Gasteiger partial charge in [-0.05, 0) is 43.4 Å². The maximum Gasteiger partial charge on any atom is 0.318 e. The van der Waals surface area contributed by atoms with Crippen molar-refractivity contribution in [3.8, 4) is 0 Å². The third kappa shape index (κ3) is 4.43. The monoisotopic (exact) mass is 340 g/mol. The Kier molecular flexibility index (Phi) is 4.57. The molecule has 5 nitrogen and oxygen atoms in total. The van der Waals surface area contributed by atoms with E-state index in [1.165, 1.54) is 12.1 Å². The molecule has 0 spiro atoms. The Morgan fingerprint density at radius 1 is 1.22 bits per heavy atom. The average molecular weight is 340 g/mol. The van der Waals surface area contributed by atoms with Crippen molar-refractivity contribution in [2.45, 2.75) is 44.3 Å². The molecule has 0 aromatic heterocycles. The van der Waals surface area contributed by atoms with Gasteiger partial charge in [0, 0.05) is 18.6 Å². The van der Waals surface area contributed by atoms with Crippen LogP contribution in [0.2, 0.25) is 0 Å². The Balaban J connectivity index is 1.64. The van der Waals surface area contributed by atoms with Crippen molar-refractivity contribution in [1.29, 1.82) is 0 Å². The molecule has 0 bridgehead atoms. The van der Waals surface area contributed by atoms with Gasteiger partial charge in [-0.25, -0.2) is 17.6 Å². The Morgan fingerprint density at radius 2 is 1.91 bits per heavy atom. The molecule has 1 unspecified atom stereocenters. The average Bonchev–Trinajstić information content (AvgIpc) is 3.30. The van der Waals surface area contributed by atoms with E-state index in [-0.39, 0.29) is 35.4 Å². The van der Waals surface area contributed by atoms with Gasteiger partial charge >= 0.3 is 6.03 Å². The van der Waals surface area contributed by atoms with Crippen molar-refractivity contribution in [1.82, 2.24) is 10.2 Å². The standard InChI is InChI=1S/C16H21FN2O3S/c17-13-5-3-12(4-6-13)10-19(15-7-8-15)16(20)18-14-2-1-9-23(21,22)11-14/h3-6,14-15H,1-2,7-11H2,(H,18,20). The maximum absolute atomic E-state index is 13.0. The minimum atomic E-state index is -3.05. The zero-order valence-electron chi connectivity index (χ0n) is 12.9. The molecule has 1 aromatic rings. The van der Waals surface area contributed by atoms with Crippen molar-refractivity contribution in [2.75, 3.05) is 11.5 Å². The third-order valence-corrected chi connectivity index (χ3v) is 6.13. The smallest absolute Gasteiger partial charge is 0.318 e. The van der Waals surface area contributed by atoms with Crippen molar-refractivity contribution >= 4 is 15.9 Å². The second-order valence-electron chi connectivity index (χ2n) is 6.39. The molecule has 1 heterocycles. The maximum atomic E-state index is 13.0. The second kappa shape index (κ2) is 6.47. The first kappa shape index (κ1) is 16.2. The predicted octanol–water partition coefficient (Wildman–Crippen LogP) is 2.08. The van der Waals surface area contributed by atoms with E-state index in [0.29, 0.717) is 19.4 Å². The fraction of sp³-hybridized carbons (Fsp3) is 0.562. The van der Waals surface area contributed by atoms with Gasteiger partial charge in [0.15, 0.2) is 9.84 Å². The molecule has 2 aliphatic rings. The highest BCUT2D eigenvalue weighted by molar-refractivity contribution is 7.91. The van der Waals surface area contributed by atoms with Crippen LogP contribution in [0, 0.1) is 5.82 Å². The Labute approximate surface area is 135 Å². The van der Waals surface area contributed by atoms with Crippen LogP contribution in [-0.4, -0.2) is 42.9 Å². The lowest BCUT2D eigenvalue weighted by Crippen LogP contribution is -2.49. The van der Waals surface area contributed by atoms with E-state index in [2.05, 4.69) is 5.32 Å². The summed E-state index contributed by atoms with van der Waals surface area (Å²) in [6, 6.07) is 5.76. The molecule has 0 radical (unpaired) electrons. The van der Waals surface area contributed by atoms with Crippen LogP contribution in [0.4, 0.5) is 9.18 Å². The quantitative estimate of drug-likeness (QED) is 0.912. The Hall–Kier alpha value is -1.63. The molecule has 7 heteroatoms. The van der Waals surface area contributed by atoms with E-state index >= 15 is 0 Å². The fourth-order valence-corrected chi connectivity index (χ4v) is 4.57. The van der Waals surface area contributed by atoms with Gasteiger partial charge in [-0.1, -0.05) is 12.1 Å². The second-order valence-corrected chi connectivity index (χ2v) is 8.62. The number of hydrogen-bond acceptors (Lipinski definition) is 3. The highest BCUT2D eigenvalue weighted by Crippen LogP contribution is 2.28. The molecular formula is C16H21FN2O3S. The topological polar surface area (TPSA) is 66.5 Å². The van der Waals surface area contributed by atoms with Gasteiger partial charge in [0.2, 0.25) is 0 Å². The molecule has 23 heavy (non-hydrogen) atoms. The number of hydrogen-bond donors (Lipinski definition) is 1. The molecule has 1 saturated heterocycles. The first-order valence-corrected chi connectivity index (χ1v) is 9.77. The van der Waals surface area contributed by atoms with Gasteiger partial charge in [-0.3, -0.25) is 0 Å². The molecule has 1 N–H and O–H groups in total. The molecule has 2 fully saturated rings. The van der Waals surface area contributed by atoms with Crippen molar-refractivity contribution in [2.24, 2.45) is 0 Å². The molecule has 1 atom stereocenters. The highest BCUT2D eigenvalue weighted by atomic mass is 32.2. The number of rotatable bonds is 4. The summed E-state index contributed by atoms with van der Waals surface area (Å²) in [4.78, 5) is 14.3. The molecule has 2 amide bonds. The first-order valence-electron chi connectivity index (χ1n) is 7.95. The van der Waals surface area contributed by atoms with Gasteiger partial charge in [-0.15, -0.1) is 0 Å². The molecule has 3 rings (SSSR count). The van der Waals surface area contributed by atoms with Crippen LogP contribution >= 0.6 is 0 Å². The zero-order chi connectivity index (χ0) is 16.4. The van der Waals surface area contributed by atoms with Crippen molar-refractivity contribution in [3.63, 3.8) is 0 Å². The van der Waals surface area contributed by atoms with Gasteiger partial charge in [0.05, 0.1) is 11.5 Å². The summed E-state index contributed by atoms with van der Waals surface area (Å²) in [5.74, 6) is -0.0710. The molecule has 1 aliphatic carbocycles. The lowest BCUT2D eigenvalue weighted by molar-refractivity contribution is 0.188. The van der Waals surface area contributed by atoms with Crippen molar-refractivity contribution < 1.29 is 17.6 Å². The van der Waals surface area contributed by atoms with E-state index in [4.69, 9.17) is 0 Å². The van der Waals surface area contributed by atoms with Gasteiger partial charge < -0.3 is 10.2 Å². The van der Waals surface area contributed by atoms with E-state index in [1.807, 2.05) is 0 Å². The Morgan fingerprint density at radius 3 is 2.52 bits per heavy atom. The zero-order valence-corrected chi connectivity index (χ0v) is 13.7. The van der Waals surface area contributed by atoms with E-state index in [0.717, 1.165) is 18.4 Å². The van der Waals surface area contributed by atoms with Crippen LogP contribution in [0.1, 0.15) is 31.2 Å². The minimum absolute atomic E-state index is 0.0216. The van der Waals surface area contributed by atoms with Gasteiger partial charge in [0.1, 0.15) is 5.82 Å². The molecular weight excluding hydrogens is 319 g/mol. The third-order valence-electron chi connectivity index (χ3n) is 4.31. The minimum Gasteiger partial charge on any atom is -0.334 e. The summed E-state index contributed by atoms with van der Waals surface area (Å²) in [6.07, 6.45) is 3.20. The van der Waals surface area contributed by atoms with Gasteiger partial charge in [0.25, 0.3) is 0 Å². The number of nitrogens with one attached hydrogen (secondary N) is 1. The van der Waals surface area contributed by atoms with Crippen molar-refractivity contribution in [3.05, 3.63) is 35.6 Å². The Bertz CT molecular complexity index is 671. The van der Waals surface area contributed by atoms with Crippen LogP contribution < -0.4 is 5.32 Å². The SMILES string of the molecule is O=C(NC1CCCS(=O)(=O)C1)N(Cc1ccc(F)cc1)C1CC1. The number of carbonyl (C=O) groups is 1. The normalized spacial score (nSPS) is 23.3. The highest BCUT2D eigenvalue weighted by Gasteiger charge is 2.34. The fourth-order valence-electron chi connectivity index (χ4n) is 2.93. The summed E-state index contributed by atoms with van der Waals surface area (Å²) in [5.41, 5.74) is 0.865. The first-order chi connectivity index (χ1) is 10.9. The number of halogens is 1. The van der Waals surface area contributed by atoms with E-state index in [9.17, 15) is 17.6 Å². The predicted molar refractivity (Wildman–Crippen MR) is 85.2 cm³/mol. The largest absolute Gasteiger partial charge is 0.334 e. The molecule has 126 valence electrons. The summed E-state index contributed by atoms with van der Waals surface area (Å²) < 4.78 is 36.3.